The summed E-state index contributed by atoms with van der Waals surface area (Å²) in [6.45, 7) is 1.36. The first-order valence-corrected chi connectivity index (χ1v) is 7.88. The minimum atomic E-state index is -4.26. The van der Waals surface area contributed by atoms with Crippen LogP contribution in [0.4, 0.5) is 14.5 Å². The first-order valence-electron chi connectivity index (χ1n) is 5.51. The maximum absolute atomic E-state index is 13.8. The Morgan fingerprint density at radius 3 is 2.57 bits per heavy atom. The van der Waals surface area contributed by atoms with E-state index in [-0.39, 0.29) is 15.3 Å². The van der Waals surface area contributed by atoms with Crippen LogP contribution in [0.25, 0.3) is 0 Å². The highest BCUT2D eigenvalue weighted by molar-refractivity contribution is 7.94. The second-order valence-electron chi connectivity index (χ2n) is 4.12. The van der Waals surface area contributed by atoms with Gasteiger partial charge in [-0.15, -0.1) is 11.3 Å². The number of nitrogens with one attached hydrogen (secondary N) is 1. The maximum atomic E-state index is 13.8. The topological polar surface area (TPSA) is 83.5 Å². The fourth-order valence-corrected chi connectivity index (χ4v) is 3.73. The highest BCUT2D eigenvalue weighted by atomic mass is 32.2. The smallest absolute Gasteiger partial charge is 0.336 e. The zero-order chi connectivity index (χ0) is 15.8. The number of hydrogen-bond acceptors (Lipinski definition) is 4. The predicted molar refractivity (Wildman–Crippen MR) is 73.2 cm³/mol. The van der Waals surface area contributed by atoms with Crippen LogP contribution >= 0.6 is 11.3 Å². The van der Waals surface area contributed by atoms with E-state index in [0.717, 1.165) is 17.5 Å². The molecule has 0 spiro atoms. The SMILES string of the molecule is Cc1ccc(F)c(NS(=O)(=O)c2cc(C(=O)O)cs2)c1F. The summed E-state index contributed by atoms with van der Waals surface area (Å²) >= 11 is 0.644. The third kappa shape index (κ3) is 3.03. The van der Waals surface area contributed by atoms with E-state index < -0.39 is 33.3 Å². The van der Waals surface area contributed by atoms with Gasteiger partial charge in [0.1, 0.15) is 15.7 Å². The van der Waals surface area contributed by atoms with Crippen molar-refractivity contribution in [3.8, 4) is 0 Å². The molecule has 0 radical (unpaired) electrons. The van der Waals surface area contributed by atoms with Crippen LogP contribution in [-0.4, -0.2) is 19.5 Å². The van der Waals surface area contributed by atoms with Gasteiger partial charge in [-0.25, -0.2) is 22.0 Å². The minimum absolute atomic E-state index is 0.0755. The summed E-state index contributed by atoms with van der Waals surface area (Å²) in [7, 11) is -4.26. The monoisotopic (exact) mass is 333 g/mol. The second-order valence-corrected chi connectivity index (χ2v) is 6.94. The average molecular weight is 333 g/mol. The first kappa shape index (κ1) is 15.4. The molecular formula is C12H9F2NO4S2. The van der Waals surface area contributed by atoms with E-state index in [4.69, 9.17) is 5.11 Å². The Morgan fingerprint density at radius 1 is 1.33 bits per heavy atom. The van der Waals surface area contributed by atoms with Crippen molar-refractivity contribution in [1.29, 1.82) is 0 Å². The van der Waals surface area contributed by atoms with Gasteiger partial charge in [-0.3, -0.25) is 4.72 Å². The molecule has 21 heavy (non-hydrogen) atoms. The third-order valence-corrected chi connectivity index (χ3v) is 5.40. The van der Waals surface area contributed by atoms with Crippen molar-refractivity contribution in [2.24, 2.45) is 0 Å². The molecule has 1 aromatic heterocycles. The first-order chi connectivity index (χ1) is 9.72. The number of aryl methyl sites for hydroxylation is 1. The van der Waals surface area contributed by atoms with Crippen molar-refractivity contribution in [3.05, 3.63) is 46.3 Å². The molecule has 0 aliphatic rings. The molecule has 2 rings (SSSR count). The predicted octanol–water partition coefficient (Wildman–Crippen LogP) is 2.83. The van der Waals surface area contributed by atoms with E-state index in [1.807, 2.05) is 0 Å². The summed E-state index contributed by atoms with van der Waals surface area (Å²) < 4.78 is 52.8. The number of thiophene rings is 1. The van der Waals surface area contributed by atoms with Crippen LogP contribution in [0.3, 0.4) is 0 Å². The molecule has 2 N–H and O–H groups in total. The Labute approximate surface area is 122 Å². The maximum Gasteiger partial charge on any atom is 0.336 e. The molecule has 0 bridgehead atoms. The summed E-state index contributed by atoms with van der Waals surface area (Å²) in [5.41, 5.74) is -0.933. The van der Waals surface area contributed by atoms with Crippen molar-refractivity contribution in [2.45, 2.75) is 11.1 Å². The molecule has 1 heterocycles. The van der Waals surface area contributed by atoms with E-state index in [1.54, 1.807) is 4.72 Å². The van der Waals surface area contributed by atoms with Crippen LogP contribution in [0.1, 0.15) is 15.9 Å². The van der Waals surface area contributed by atoms with E-state index in [9.17, 15) is 22.0 Å². The van der Waals surface area contributed by atoms with Gasteiger partial charge in [0.15, 0.2) is 5.82 Å². The number of sulfonamides is 1. The van der Waals surface area contributed by atoms with Crippen molar-refractivity contribution >= 4 is 33.0 Å². The zero-order valence-corrected chi connectivity index (χ0v) is 12.2. The number of rotatable bonds is 4. The minimum Gasteiger partial charge on any atom is -0.478 e. The average Bonchev–Trinajstić information content (AvgIpc) is 2.90. The van der Waals surface area contributed by atoms with Crippen LogP contribution in [0.2, 0.25) is 0 Å². The second kappa shape index (κ2) is 5.41. The van der Waals surface area contributed by atoms with Crippen LogP contribution in [-0.2, 0) is 10.0 Å². The lowest BCUT2D eigenvalue weighted by atomic mass is 10.2. The highest BCUT2D eigenvalue weighted by Gasteiger charge is 2.23. The number of carbonyl (C=O) groups is 1. The molecule has 0 saturated carbocycles. The Balaban J connectivity index is 2.42. The largest absolute Gasteiger partial charge is 0.478 e. The molecule has 0 fully saturated rings. The number of benzene rings is 1. The Bertz CT molecular complexity index is 815. The van der Waals surface area contributed by atoms with Gasteiger partial charge in [0.2, 0.25) is 0 Å². The lowest BCUT2D eigenvalue weighted by Crippen LogP contribution is -2.14. The number of halogens is 2. The summed E-state index contributed by atoms with van der Waals surface area (Å²) in [5, 5.41) is 9.87. The Kier molecular flexibility index (Phi) is 3.97. The van der Waals surface area contributed by atoms with Gasteiger partial charge in [-0.1, -0.05) is 6.07 Å². The Morgan fingerprint density at radius 2 is 2.00 bits per heavy atom. The molecule has 0 aliphatic carbocycles. The number of carboxylic acid groups (broad SMARTS) is 1. The van der Waals surface area contributed by atoms with Gasteiger partial charge in [-0.05, 0) is 24.6 Å². The molecule has 0 saturated heterocycles. The molecule has 0 aliphatic heterocycles. The van der Waals surface area contributed by atoms with Gasteiger partial charge < -0.3 is 5.11 Å². The molecule has 0 unspecified atom stereocenters. The third-order valence-electron chi connectivity index (χ3n) is 2.61. The lowest BCUT2D eigenvalue weighted by Gasteiger charge is -2.09. The lowest BCUT2D eigenvalue weighted by molar-refractivity contribution is 0.0697. The van der Waals surface area contributed by atoms with Crippen LogP contribution in [0.15, 0.2) is 27.8 Å². The number of carboxylic acids is 1. The van der Waals surface area contributed by atoms with Crippen molar-refractivity contribution in [2.75, 3.05) is 4.72 Å². The molecule has 9 heteroatoms. The van der Waals surface area contributed by atoms with E-state index in [2.05, 4.69) is 0 Å². The summed E-state index contributed by atoms with van der Waals surface area (Å²) in [6.07, 6.45) is 0. The number of aromatic carboxylic acids is 1. The van der Waals surface area contributed by atoms with Crippen molar-refractivity contribution in [3.63, 3.8) is 0 Å². The summed E-state index contributed by atoms with van der Waals surface area (Å²) in [6, 6.07) is 3.03. The van der Waals surface area contributed by atoms with Gasteiger partial charge in [0, 0.05) is 5.38 Å². The molecule has 5 nitrogen and oxygen atoms in total. The van der Waals surface area contributed by atoms with E-state index in [1.165, 1.54) is 13.0 Å². The van der Waals surface area contributed by atoms with Gasteiger partial charge in [0.25, 0.3) is 10.0 Å². The molecule has 0 atom stereocenters. The highest BCUT2D eigenvalue weighted by Crippen LogP contribution is 2.27. The quantitative estimate of drug-likeness (QED) is 0.901. The van der Waals surface area contributed by atoms with Crippen LogP contribution in [0, 0.1) is 18.6 Å². The Hall–Kier alpha value is -2.00. The normalized spacial score (nSPS) is 11.4. The molecule has 112 valence electrons. The van der Waals surface area contributed by atoms with Crippen LogP contribution in [0.5, 0.6) is 0 Å². The number of hydrogen-bond donors (Lipinski definition) is 2. The molecule has 0 amide bonds. The van der Waals surface area contributed by atoms with Crippen molar-refractivity contribution < 1.29 is 27.1 Å². The number of anilines is 1. The summed E-state index contributed by atoms with van der Waals surface area (Å²) in [4.78, 5) is 10.7. The van der Waals surface area contributed by atoms with Gasteiger partial charge in [0.05, 0.1) is 5.56 Å². The fraction of sp³-hybridized carbons (Fsp3) is 0.0833. The zero-order valence-electron chi connectivity index (χ0n) is 10.6. The molecule has 2 aromatic rings. The molecular weight excluding hydrogens is 324 g/mol. The summed E-state index contributed by atoms with van der Waals surface area (Å²) in [5.74, 6) is -3.37. The standard InChI is InChI=1S/C12H9F2NO4S2/c1-6-2-3-8(13)11(10(6)14)15-21(18,19)9-4-7(5-20-9)12(16)17/h2-5,15H,1H3,(H,16,17). The fourth-order valence-electron chi connectivity index (χ4n) is 1.50. The van der Waals surface area contributed by atoms with Crippen molar-refractivity contribution in [1.82, 2.24) is 0 Å². The molecule has 1 aromatic carbocycles. The van der Waals surface area contributed by atoms with Crippen LogP contribution < -0.4 is 4.72 Å². The van der Waals surface area contributed by atoms with Gasteiger partial charge >= 0.3 is 5.97 Å². The van der Waals surface area contributed by atoms with E-state index in [0.29, 0.717) is 11.3 Å². The van der Waals surface area contributed by atoms with Gasteiger partial charge in [-0.2, -0.15) is 0 Å². The van der Waals surface area contributed by atoms with E-state index >= 15 is 0 Å².